The largest absolute Gasteiger partial charge is 0.497 e. The highest BCUT2D eigenvalue weighted by Gasteiger charge is 2.15. The fourth-order valence-electron chi connectivity index (χ4n) is 2.38. The highest BCUT2D eigenvalue weighted by atomic mass is 32.2. The number of hydrogen-bond donors (Lipinski definition) is 2. The summed E-state index contributed by atoms with van der Waals surface area (Å²) in [5, 5.41) is 11.4. The number of carbonyl (C=O) groups excluding carboxylic acids is 1. The standard InChI is InChI=1S/C17H16N2O4S2/c1-23-15-5-4-12-6-11(2-3-13(12)7-15)9-19-17(20)14-8-16(24-10-14)25(18,21)22/h2-8,10H,9H2,1H3,(H,19,20)(H2,18,21,22). The zero-order chi connectivity index (χ0) is 18.0. The van der Waals surface area contributed by atoms with Gasteiger partial charge in [-0.2, -0.15) is 0 Å². The van der Waals surface area contributed by atoms with Gasteiger partial charge in [0.15, 0.2) is 0 Å². The monoisotopic (exact) mass is 376 g/mol. The summed E-state index contributed by atoms with van der Waals surface area (Å²) in [5.74, 6) is 0.442. The van der Waals surface area contributed by atoms with E-state index in [4.69, 9.17) is 9.88 Å². The van der Waals surface area contributed by atoms with Crippen LogP contribution in [0.4, 0.5) is 0 Å². The first-order valence-corrected chi connectivity index (χ1v) is 9.75. The van der Waals surface area contributed by atoms with Crippen LogP contribution in [0.1, 0.15) is 15.9 Å². The third-order valence-corrected chi connectivity index (χ3v) is 6.07. The van der Waals surface area contributed by atoms with Crippen LogP contribution in [0.3, 0.4) is 0 Å². The first-order chi connectivity index (χ1) is 11.9. The van der Waals surface area contributed by atoms with Gasteiger partial charge in [-0.1, -0.05) is 18.2 Å². The molecule has 1 heterocycles. The lowest BCUT2D eigenvalue weighted by Gasteiger charge is -2.07. The van der Waals surface area contributed by atoms with Crippen molar-refractivity contribution in [2.45, 2.75) is 10.8 Å². The first kappa shape index (κ1) is 17.4. The van der Waals surface area contributed by atoms with Crippen molar-refractivity contribution in [2.75, 3.05) is 7.11 Å². The van der Waals surface area contributed by atoms with Gasteiger partial charge in [0.1, 0.15) is 9.96 Å². The van der Waals surface area contributed by atoms with Crippen molar-refractivity contribution in [1.29, 1.82) is 0 Å². The van der Waals surface area contributed by atoms with Gasteiger partial charge in [0.25, 0.3) is 5.91 Å². The third kappa shape index (κ3) is 3.98. The second-order valence-corrected chi connectivity index (χ2v) is 8.13. The van der Waals surface area contributed by atoms with Gasteiger partial charge in [0.05, 0.1) is 12.7 Å². The van der Waals surface area contributed by atoms with Crippen LogP contribution in [0.15, 0.2) is 52.1 Å². The summed E-state index contributed by atoms with van der Waals surface area (Å²) in [7, 11) is -2.16. The van der Waals surface area contributed by atoms with Crippen molar-refractivity contribution in [3.05, 3.63) is 59.0 Å². The smallest absolute Gasteiger partial charge is 0.252 e. The summed E-state index contributed by atoms with van der Waals surface area (Å²) in [6.45, 7) is 0.335. The van der Waals surface area contributed by atoms with Crippen molar-refractivity contribution in [3.63, 3.8) is 0 Å². The number of nitrogens with one attached hydrogen (secondary N) is 1. The van der Waals surface area contributed by atoms with Gasteiger partial charge in [-0.3, -0.25) is 4.79 Å². The number of ether oxygens (including phenoxy) is 1. The quantitative estimate of drug-likeness (QED) is 0.715. The molecule has 0 saturated carbocycles. The Kier molecular flexibility index (Phi) is 4.76. The Hall–Kier alpha value is -2.42. The number of nitrogens with two attached hydrogens (primary N) is 1. The van der Waals surface area contributed by atoms with E-state index in [9.17, 15) is 13.2 Å². The SMILES string of the molecule is COc1ccc2cc(CNC(=O)c3csc(S(N)(=O)=O)c3)ccc2c1. The van der Waals surface area contributed by atoms with Crippen molar-refractivity contribution in [1.82, 2.24) is 5.32 Å². The molecular weight excluding hydrogens is 360 g/mol. The molecule has 0 saturated heterocycles. The van der Waals surface area contributed by atoms with Crippen LogP contribution in [0.25, 0.3) is 10.8 Å². The fourth-order valence-corrected chi connectivity index (χ4v) is 3.96. The summed E-state index contributed by atoms with van der Waals surface area (Å²) in [4.78, 5) is 12.1. The van der Waals surface area contributed by atoms with E-state index in [0.717, 1.165) is 33.4 Å². The minimum Gasteiger partial charge on any atom is -0.497 e. The topological polar surface area (TPSA) is 98.5 Å². The molecule has 8 heteroatoms. The molecule has 0 bridgehead atoms. The lowest BCUT2D eigenvalue weighted by atomic mass is 10.1. The predicted octanol–water partition coefficient (Wildman–Crippen LogP) is 2.49. The van der Waals surface area contributed by atoms with E-state index in [1.807, 2.05) is 36.4 Å². The van der Waals surface area contributed by atoms with Gasteiger partial charge < -0.3 is 10.1 Å². The van der Waals surface area contributed by atoms with E-state index < -0.39 is 10.0 Å². The number of thiophene rings is 1. The van der Waals surface area contributed by atoms with Gasteiger partial charge in [0.2, 0.25) is 10.0 Å². The minimum atomic E-state index is -3.78. The highest BCUT2D eigenvalue weighted by molar-refractivity contribution is 7.91. The molecule has 3 aromatic rings. The molecule has 3 rings (SSSR count). The van der Waals surface area contributed by atoms with E-state index in [0.29, 0.717) is 6.54 Å². The number of rotatable bonds is 5. The number of primary sulfonamides is 1. The van der Waals surface area contributed by atoms with Crippen molar-refractivity contribution >= 4 is 38.0 Å². The molecular formula is C17H16N2O4S2. The summed E-state index contributed by atoms with van der Waals surface area (Å²) < 4.78 is 27.7. The van der Waals surface area contributed by atoms with E-state index >= 15 is 0 Å². The van der Waals surface area contributed by atoms with Crippen LogP contribution in [-0.2, 0) is 16.6 Å². The Balaban J connectivity index is 1.71. The van der Waals surface area contributed by atoms with Crippen molar-refractivity contribution in [2.24, 2.45) is 5.14 Å². The minimum absolute atomic E-state index is 0.0303. The average Bonchev–Trinajstić information content (AvgIpc) is 3.09. The third-order valence-electron chi connectivity index (χ3n) is 3.68. The van der Waals surface area contributed by atoms with E-state index in [2.05, 4.69) is 5.32 Å². The second-order valence-electron chi connectivity index (χ2n) is 5.43. The maximum atomic E-state index is 12.1. The molecule has 0 spiro atoms. The van der Waals surface area contributed by atoms with Gasteiger partial charge in [-0.25, -0.2) is 13.6 Å². The van der Waals surface area contributed by atoms with Crippen molar-refractivity contribution < 1.29 is 17.9 Å². The second kappa shape index (κ2) is 6.83. The van der Waals surface area contributed by atoms with Gasteiger partial charge in [0, 0.05) is 11.9 Å². The number of benzene rings is 2. The maximum absolute atomic E-state index is 12.1. The summed E-state index contributed by atoms with van der Waals surface area (Å²) >= 11 is 0.926. The molecule has 6 nitrogen and oxygen atoms in total. The van der Waals surface area contributed by atoms with Crippen LogP contribution in [0.2, 0.25) is 0 Å². The lowest BCUT2D eigenvalue weighted by Crippen LogP contribution is -2.22. The zero-order valence-electron chi connectivity index (χ0n) is 13.4. The molecule has 3 N–H and O–H groups in total. The number of sulfonamides is 1. The van der Waals surface area contributed by atoms with Gasteiger partial charge in [-0.15, -0.1) is 11.3 Å². The molecule has 0 aliphatic heterocycles. The van der Waals surface area contributed by atoms with Crippen LogP contribution in [-0.4, -0.2) is 21.4 Å². The van der Waals surface area contributed by atoms with Crippen molar-refractivity contribution in [3.8, 4) is 5.75 Å². The van der Waals surface area contributed by atoms with E-state index in [1.165, 1.54) is 11.4 Å². The Morgan fingerprint density at radius 3 is 2.56 bits per heavy atom. The fraction of sp³-hybridized carbons (Fsp3) is 0.118. The molecule has 0 aliphatic rings. The molecule has 0 atom stereocenters. The summed E-state index contributed by atoms with van der Waals surface area (Å²) in [6.07, 6.45) is 0. The number of methoxy groups -OCH3 is 1. The molecule has 0 aliphatic carbocycles. The molecule has 0 unspecified atom stereocenters. The molecule has 130 valence electrons. The zero-order valence-corrected chi connectivity index (χ0v) is 15.0. The summed E-state index contributed by atoms with van der Waals surface area (Å²) in [5.41, 5.74) is 1.22. The van der Waals surface area contributed by atoms with Crippen LogP contribution in [0.5, 0.6) is 5.75 Å². The maximum Gasteiger partial charge on any atom is 0.252 e. The number of amides is 1. The van der Waals surface area contributed by atoms with E-state index in [-0.39, 0.29) is 15.7 Å². The Labute approximate surface area is 149 Å². The van der Waals surface area contributed by atoms with Crippen LogP contribution < -0.4 is 15.2 Å². The average molecular weight is 376 g/mol. The molecule has 25 heavy (non-hydrogen) atoms. The Bertz CT molecular complexity index is 1040. The van der Waals surface area contributed by atoms with Gasteiger partial charge in [-0.05, 0) is 40.6 Å². The normalized spacial score (nSPS) is 11.4. The first-order valence-electron chi connectivity index (χ1n) is 7.33. The molecule has 0 fully saturated rings. The number of carbonyl (C=O) groups is 1. The number of fused-ring (bicyclic) bond motifs is 1. The van der Waals surface area contributed by atoms with Crippen LogP contribution >= 0.6 is 11.3 Å². The Morgan fingerprint density at radius 1 is 1.16 bits per heavy atom. The summed E-state index contributed by atoms with van der Waals surface area (Å²) in [6, 6.07) is 12.9. The lowest BCUT2D eigenvalue weighted by molar-refractivity contribution is 0.0951. The molecule has 0 radical (unpaired) electrons. The highest BCUT2D eigenvalue weighted by Crippen LogP contribution is 2.22. The number of hydrogen-bond acceptors (Lipinski definition) is 5. The predicted molar refractivity (Wildman–Crippen MR) is 97.4 cm³/mol. The van der Waals surface area contributed by atoms with Crippen LogP contribution in [0, 0.1) is 0 Å². The molecule has 2 aromatic carbocycles. The Morgan fingerprint density at radius 2 is 1.88 bits per heavy atom. The van der Waals surface area contributed by atoms with Gasteiger partial charge >= 0.3 is 0 Å². The molecule has 1 aromatic heterocycles. The van der Waals surface area contributed by atoms with E-state index in [1.54, 1.807) is 7.11 Å². The molecule has 1 amide bonds.